The van der Waals surface area contributed by atoms with E-state index >= 15 is 0 Å². The first-order valence-electron chi connectivity index (χ1n) is 4.91. The fraction of sp³-hybridized carbons (Fsp3) is 0.778. The summed E-state index contributed by atoms with van der Waals surface area (Å²) in [4.78, 5) is 11.3. The molecule has 0 spiro atoms. The Morgan fingerprint density at radius 1 is 1.64 bits per heavy atom. The van der Waals surface area contributed by atoms with Crippen LogP contribution in [0, 0.1) is 0 Å². The summed E-state index contributed by atoms with van der Waals surface area (Å²) < 4.78 is 2.86. The second-order valence-corrected chi connectivity index (χ2v) is 3.45. The van der Waals surface area contributed by atoms with Crippen LogP contribution in [0.2, 0.25) is 0 Å². The molecule has 1 heterocycles. The summed E-state index contributed by atoms with van der Waals surface area (Å²) >= 11 is 0. The number of aliphatic hydroxyl groups is 1. The highest BCUT2D eigenvalue weighted by atomic mass is 16.3. The highest BCUT2D eigenvalue weighted by molar-refractivity contribution is 4.65. The van der Waals surface area contributed by atoms with E-state index in [1.807, 2.05) is 6.92 Å². The van der Waals surface area contributed by atoms with Gasteiger partial charge in [0, 0.05) is 13.6 Å². The van der Waals surface area contributed by atoms with E-state index in [2.05, 4.69) is 5.10 Å². The van der Waals surface area contributed by atoms with Crippen molar-refractivity contribution in [3.8, 4) is 0 Å². The van der Waals surface area contributed by atoms with Gasteiger partial charge in [0.1, 0.15) is 6.33 Å². The van der Waals surface area contributed by atoms with E-state index in [1.54, 1.807) is 7.05 Å². The molecule has 0 aliphatic carbocycles. The van der Waals surface area contributed by atoms with Crippen LogP contribution in [0.15, 0.2) is 11.1 Å². The van der Waals surface area contributed by atoms with Gasteiger partial charge >= 0.3 is 5.69 Å². The smallest absolute Gasteiger partial charge is 0.345 e. The van der Waals surface area contributed by atoms with Gasteiger partial charge in [0.25, 0.3) is 0 Å². The molecule has 14 heavy (non-hydrogen) atoms. The van der Waals surface area contributed by atoms with E-state index in [-0.39, 0.29) is 11.8 Å². The first-order valence-corrected chi connectivity index (χ1v) is 4.91. The molecule has 0 aliphatic rings. The largest absolute Gasteiger partial charge is 0.393 e. The highest BCUT2D eigenvalue weighted by Gasteiger charge is 2.03. The minimum absolute atomic E-state index is 0.101. The van der Waals surface area contributed by atoms with E-state index < -0.39 is 0 Å². The molecule has 1 aromatic heterocycles. The van der Waals surface area contributed by atoms with Crippen LogP contribution in [0.1, 0.15) is 26.2 Å². The molecule has 1 atom stereocenters. The van der Waals surface area contributed by atoms with Crippen LogP contribution < -0.4 is 5.69 Å². The maximum atomic E-state index is 11.3. The van der Waals surface area contributed by atoms with Crippen LogP contribution in [-0.2, 0) is 13.6 Å². The predicted molar refractivity (Wildman–Crippen MR) is 53.0 cm³/mol. The van der Waals surface area contributed by atoms with E-state index in [4.69, 9.17) is 0 Å². The molecule has 0 fully saturated rings. The van der Waals surface area contributed by atoms with Gasteiger partial charge in [-0.1, -0.05) is 6.92 Å². The first kappa shape index (κ1) is 11.0. The molecule has 0 amide bonds. The molecule has 0 saturated heterocycles. The molecule has 5 heteroatoms. The zero-order chi connectivity index (χ0) is 10.6. The normalized spacial score (nSPS) is 13.1. The lowest BCUT2D eigenvalue weighted by molar-refractivity contribution is 0.155. The molecule has 80 valence electrons. The quantitative estimate of drug-likeness (QED) is 0.733. The average molecular weight is 199 g/mol. The maximum absolute atomic E-state index is 11.3. The van der Waals surface area contributed by atoms with Crippen molar-refractivity contribution in [2.45, 2.75) is 38.8 Å². The van der Waals surface area contributed by atoms with Gasteiger partial charge in [0.15, 0.2) is 0 Å². The lowest BCUT2D eigenvalue weighted by atomic mass is 10.1. The van der Waals surface area contributed by atoms with Crippen molar-refractivity contribution in [1.82, 2.24) is 14.3 Å². The summed E-state index contributed by atoms with van der Waals surface area (Å²) in [6.45, 7) is 2.52. The van der Waals surface area contributed by atoms with E-state index in [9.17, 15) is 9.90 Å². The monoisotopic (exact) mass is 199 g/mol. The third-order valence-electron chi connectivity index (χ3n) is 2.27. The molecule has 5 nitrogen and oxygen atoms in total. The molecule has 0 aromatic carbocycles. The van der Waals surface area contributed by atoms with Crippen LogP contribution in [0.3, 0.4) is 0 Å². The van der Waals surface area contributed by atoms with Crippen LogP contribution in [0.5, 0.6) is 0 Å². The standard InChI is InChI=1S/C9H17N3O2/c1-3-8(13)5-4-6-12-9(14)11(2)7-10-12/h7-8,13H,3-6H2,1-2H3. The van der Waals surface area contributed by atoms with Gasteiger partial charge in [-0.15, -0.1) is 0 Å². The van der Waals surface area contributed by atoms with Gasteiger partial charge in [0.2, 0.25) is 0 Å². The number of aromatic nitrogens is 3. The zero-order valence-electron chi connectivity index (χ0n) is 8.68. The van der Waals surface area contributed by atoms with Gasteiger partial charge in [-0.25, -0.2) is 9.48 Å². The summed E-state index contributed by atoms with van der Waals surface area (Å²) in [6.07, 6.45) is 3.51. The Hall–Kier alpha value is -1.10. The SMILES string of the molecule is CCC(O)CCCn1ncn(C)c1=O. The Labute approximate surface area is 83.0 Å². The number of rotatable bonds is 5. The van der Waals surface area contributed by atoms with E-state index in [1.165, 1.54) is 15.6 Å². The Morgan fingerprint density at radius 2 is 2.36 bits per heavy atom. The first-order chi connectivity index (χ1) is 6.65. The van der Waals surface area contributed by atoms with Crippen molar-refractivity contribution in [1.29, 1.82) is 0 Å². The Kier molecular flexibility index (Phi) is 3.88. The molecule has 0 saturated carbocycles. The van der Waals surface area contributed by atoms with E-state index in [0.29, 0.717) is 6.54 Å². The fourth-order valence-electron chi connectivity index (χ4n) is 1.25. The lowest BCUT2D eigenvalue weighted by Crippen LogP contribution is -2.23. The molecule has 1 unspecified atom stereocenters. The van der Waals surface area contributed by atoms with Gasteiger partial charge in [-0.3, -0.25) is 4.57 Å². The third-order valence-corrected chi connectivity index (χ3v) is 2.27. The number of hydrogen-bond acceptors (Lipinski definition) is 3. The predicted octanol–water partition coefficient (Wildman–Crippen LogP) is 0.133. The van der Waals surface area contributed by atoms with Gasteiger partial charge in [0.05, 0.1) is 6.10 Å². The number of aliphatic hydroxyl groups excluding tert-OH is 1. The summed E-state index contributed by atoms with van der Waals surface area (Å²) in [5.41, 5.74) is -0.101. The second-order valence-electron chi connectivity index (χ2n) is 3.45. The van der Waals surface area contributed by atoms with Crippen molar-refractivity contribution in [3.05, 3.63) is 16.8 Å². The summed E-state index contributed by atoms with van der Waals surface area (Å²) in [7, 11) is 1.67. The fourth-order valence-corrected chi connectivity index (χ4v) is 1.25. The average Bonchev–Trinajstić information content (AvgIpc) is 2.49. The minimum Gasteiger partial charge on any atom is -0.393 e. The highest BCUT2D eigenvalue weighted by Crippen LogP contribution is 2.01. The van der Waals surface area contributed by atoms with Gasteiger partial charge in [-0.05, 0) is 19.3 Å². The lowest BCUT2D eigenvalue weighted by Gasteiger charge is -2.05. The molecule has 1 aromatic rings. The van der Waals surface area contributed by atoms with Crippen LogP contribution in [0.25, 0.3) is 0 Å². The second kappa shape index (κ2) is 4.95. The van der Waals surface area contributed by atoms with E-state index in [0.717, 1.165) is 19.3 Å². The minimum atomic E-state index is -0.255. The summed E-state index contributed by atoms with van der Waals surface area (Å²) in [5.74, 6) is 0. The van der Waals surface area contributed by atoms with Gasteiger partial charge in [-0.2, -0.15) is 5.10 Å². The van der Waals surface area contributed by atoms with Crippen molar-refractivity contribution in [2.24, 2.45) is 7.05 Å². The molecule has 0 radical (unpaired) electrons. The number of hydrogen-bond donors (Lipinski definition) is 1. The molecule has 0 aliphatic heterocycles. The molecule has 1 N–H and O–H groups in total. The molecule has 0 bridgehead atoms. The van der Waals surface area contributed by atoms with Crippen LogP contribution in [-0.4, -0.2) is 25.6 Å². The number of aryl methyl sites for hydroxylation is 2. The van der Waals surface area contributed by atoms with Crippen molar-refractivity contribution < 1.29 is 5.11 Å². The summed E-state index contributed by atoms with van der Waals surface area (Å²) in [6, 6.07) is 0. The van der Waals surface area contributed by atoms with Crippen molar-refractivity contribution in [3.63, 3.8) is 0 Å². The van der Waals surface area contributed by atoms with Crippen molar-refractivity contribution >= 4 is 0 Å². The van der Waals surface area contributed by atoms with Crippen LogP contribution >= 0.6 is 0 Å². The number of nitrogens with zero attached hydrogens (tertiary/aromatic N) is 3. The van der Waals surface area contributed by atoms with Crippen molar-refractivity contribution in [2.75, 3.05) is 0 Å². The maximum Gasteiger partial charge on any atom is 0.345 e. The zero-order valence-corrected chi connectivity index (χ0v) is 8.68. The third kappa shape index (κ3) is 2.70. The molecule has 1 rings (SSSR count). The Morgan fingerprint density at radius 3 is 2.86 bits per heavy atom. The Bertz CT molecular complexity index is 329. The Balaban J connectivity index is 2.39. The topological polar surface area (TPSA) is 60.0 Å². The molecular formula is C9H17N3O2. The molecular weight excluding hydrogens is 182 g/mol. The summed E-state index contributed by atoms with van der Waals surface area (Å²) in [5, 5.41) is 13.2. The van der Waals surface area contributed by atoms with Gasteiger partial charge < -0.3 is 5.11 Å². The van der Waals surface area contributed by atoms with Crippen LogP contribution in [0.4, 0.5) is 0 Å².